The summed E-state index contributed by atoms with van der Waals surface area (Å²) in [6.07, 6.45) is 7.12. The number of rotatable bonds is 6. The monoisotopic (exact) mass is 222 g/mol. The van der Waals surface area contributed by atoms with Crippen LogP contribution in [0.25, 0.3) is 0 Å². The predicted octanol–water partition coefficient (Wildman–Crippen LogP) is 0.814. The van der Waals surface area contributed by atoms with E-state index in [-0.39, 0.29) is 0 Å². The summed E-state index contributed by atoms with van der Waals surface area (Å²) in [5, 5.41) is 3.44. The van der Waals surface area contributed by atoms with E-state index in [0.717, 1.165) is 25.6 Å². The second-order valence-electron chi connectivity index (χ2n) is 4.56. The highest BCUT2D eigenvalue weighted by Crippen LogP contribution is 2.14. The Hall–Kier alpha value is -0.870. The Kier molecular flexibility index (Phi) is 4.36. The van der Waals surface area contributed by atoms with E-state index in [4.69, 9.17) is 0 Å². The second kappa shape index (κ2) is 6.01. The average molecular weight is 222 g/mol. The van der Waals surface area contributed by atoms with Crippen LogP contribution in [0, 0.1) is 5.92 Å². The van der Waals surface area contributed by atoms with Crippen LogP contribution in [0.1, 0.15) is 13.3 Å². The molecule has 0 radical (unpaired) electrons. The Balaban J connectivity index is 1.65. The molecule has 90 valence electrons. The van der Waals surface area contributed by atoms with Gasteiger partial charge < -0.3 is 14.8 Å². The number of hydrogen-bond acceptors (Lipinski definition) is 3. The van der Waals surface area contributed by atoms with Gasteiger partial charge in [-0.05, 0) is 32.0 Å². The van der Waals surface area contributed by atoms with E-state index in [1.54, 1.807) is 0 Å². The number of nitrogens with zero attached hydrogens (tertiary/aromatic N) is 3. The second-order valence-corrected chi connectivity index (χ2v) is 4.56. The lowest BCUT2D eigenvalue weighted by Crippen LogP contribution is -2.28. The summed E-state index contributed by atoms with van der Waals surface area (Å²) in [7, 11) is 0. The van der Waals surface area contributed by atoms with Crippen molar-refractivity contribution in [1.29, 1.82) is 0 Å². The van der Waals surface area contributed by atoms with E-state index in [1.165, 1.54) is 26.1 Å². The summed E-state index contributed by atoms with van der Waals surface area (Å²) in [6.45, 7) is 9.16. The summed E-state index contributed by atoms with van der Waals surface area (Å²) < 4.78 is 2.15. The molecule has 1 fully saturated rings. The summed E-state index contributed by atoms with van der Waals surface area (Å²) in [5.74, 6) is 0.850. The Morgan fingerprint density at radius 2 is 2.38 bits per heavy atom. The molecule has 1 aromatic heterocycles. The molecule has 1 N–H and O–H groups in total. The molecule has 0 aliphatic carbocycles. The molecule has 1 aromatic rings. The van der Waals surface area contributed by atoms with Crippen LogP contribution in [0.5, 0.6) is 0 Å². The van der Waals surface area contributed by atoms with E-state index < -0.39 is 0 Å². The summed E-state index contributed by atoms with van der Waals surface area (Å²) in [4.78, 5) is 6.61. The molecule has 0 aromatic carbocycles. The molecular formula is C12H22N4. The molecule has 2 rings (SSSR count). The molecule has 0 spiro atoms. The smallest absolute Gasteiger partial charge is 0.0946 e. The van der Waals surface area contributed by atoms with Crippen molar-refractivity contribution in [3.05, 3.63) is 18.7 Å². The third kappa shape index (κ3) is 3.32. The van der Waals surface area contributed by atoms with Gasteiger partial charge >= 0.3 is 0 Å². The molecule has 1 atom stereocenters. The van der Waals surface area contributed by atoms with Gasteiger partial charge in [-0.25, -0.2) is 4.98 Å². The first-order valence-corrected chi connectivity index (χ1v) is 6.27. The predicted molar refractivity (Wildman–Crippen MR) is 65.3 cm³/mol. The van der Waals surface area contributed by atoms with Crippen molar-refractivity contribution in [3.8, 4) is 0 Å². The quantitative estimate of drug-likeness (QED) is 0.773. The first kappa shape index (κ1) is 11.6. The van der Waals surface area contributed by atoms with Gasteiger partial charge in [0.1, 0.15) is 0 Å². The maximum Gasteiger partial charge on any atom is 0.0946 e. The normalized spacial score (nSPS) is 21.7. The van der Waals surface area contributed by atoms with Crippen LogP contribution in [-0.2, 0) is 6.54 Å². The van der Waals surface area contributed by atoms with Crippen LogP contribution in [0.4, 0.5) is 0 Å². The maximum atomic E-state index is 4.06. The van der Waals surface area contributed by atoms with Crippen LogP contribution >= 0.6 is 0 Å². The van der Waals surface area contributed by atoms with E-state index in [0.29, 0.717) is 0 Å². The largest absolute Gasteiger partial charge is 0.336 e. The van der Waals surface area contributed by atoms with E-state index in [1.807, 2.05) is 18.7 Å². The molecule has 0 amide bonds. The van der Waals surface area contributed by atoms with Crippen LogP contribution < -0.4 is 5.32 Å². The van der Waals surface area contributed by atoms with Gasteiger partial charge in [0.2, 0.25) is 0 Å². The van der Waals surface area contributed by atoms with Gasteiger partial charge in [0.15, 0.2) is 0 Å². The highest BCUT2D eigenvalue weighted by molar-refractivity contribution is 4.79. The fourth-order valence-electron chi connectivity index (χ4n) is 2.31. The van der Waals surface area contributed by atoms with Gasteiger partial charge in [0.05, 0.1) is 6.33 Å². The minimum absolute atomic E-state index is 0.850. The van der Waals surface area contributed by atoms with Gasteiger partial charge in [0, 0.05) is 32.0 Å². The number of likely N-dealkylation sites (tertiary alicyclic amines) is 1. The number of hydrogen-bond donors (Lipinski definition) is 1. The topological polar surface area (TPSA) is 33.1 Å². The van der Waals surface area contributed by atoms with E-state index >= 15 is 0 Å². The molecular weight excluding hydrogens is 200 g/mol. The summed E-state index contributed by atoms with van der Waals surface area (Å²) in [5.41, 5.74) is 0. The van der Waals surface area contributed by atoms with Gasteiger partial charge in [-0.1, -0.05) is 6.92 Å². The van der Waals surface area contributed by atoms with E-state index in [9.17, 15) is 0 Å². The first-order valence-electron chi connectivity index (χ1n) is 6.27. The van der Waals surface area contributed by atoms with Crippen molar-refractivity contribution in [3.63, 3.8) is 0 Å². The molecule has 0 bridgehead atoms. The van der Waals surface area contributed by atoms with Crippen molar-refractivity contribution in [2.75, 3.05) is 32.7 Å². The zero-order chi connectivity index (χ0) is 11.2. The fraction of sp³-hybridized carbons (Fsp3) is 0.750. The molecule has 2 heterocycles. The molecule has 4 heteroatoms. The van der Waals surface area contributed by atoms with Crippen LogP contribution in [0.15, 0.2) is 18.7 Å². The fourth-order valence-corrected chi connectivity index (χ4v) is 2.31. The molecule has 1 aliphatic rings. The standard InChI is InChI=1S/C12H22N4/c1-2-13-9-12-3-5-15(10-12)7-8-16-6-4-14-11-16/h4,6,11-13H,2-3,5,7-10H2,1H3. The Bertz CT molecular complexity index is 283. The molecule has 1 saturated heterocycles. The molecule has 16 heavy (non-hydrogen) atoms. The lowest BCUT2D eigenvalue weighted by molar-refractivity contribution is 0.308. The number of nitrogens with one attached hydrogen (secondary N) is 1. The van der Waals surface area contributed by atoms with E-state index in [2.05, 4.69) is 26.7 Å². The lowest BCUT2D eigenvalue weighted by Gasteiger charge is -2.16. The maximum absolute atomic E-state index is 4.06. The minimum atomic E-state index is 0.850. The SMILES string of the molecule is CCNCC1CCN(CCn2ccnc2)C1. The molecule has 4 nitrogen and oxygen atoms in total. The Morgan fingerprint density at radius 1 is 1.44 bits per heavy atom. The number of imidazole rings is 1. The Morgan fingerprint density at radius 3 is 3.12 bits per heavy atom. The third-order valence-corrected chi connectivity index (χ3v) is 3.29. The van der Waals surface area contributed by atoms with Crippen molar-refractivity contribution < 1.29 is 0 Å². The van der Waals surface area contributed by atoms with Crippen molar-refractivity contribution in [2.45, 2.75) is 19.9 Å². The summed E-state index contributed by atoms with van der Waals surface area (Å²) in [6, 6.07) is 0. The van der Waals surface area contributed by atoms with Gasteiger partial charge in [-0.2, -0.15) is 0 Å². The zero-order valence-corrected chi connectivity index (χ0v) is 10.1. The molecule has 0 saturated carbocycles. The highest BCUT2D eigenvalue weighted by Gasteiger charge is 2.21. The number of aromatic nitrogens is 2. The zero-order valence-electron chi connectivity index (χ0n) is 10.1. The molecule has 1 aliphatic heterocycles. The molecule has 1 unspecified atom stereocenters. The third-order valence-electron chi connectivity index (χ3n) is 3.29. The lowest BCUT2D eigenvalue weighted by atomic mass is 10.1. The van der Waals surface area contributed by atoms with Crippen LogP contribution in [-0.4, -0.2) is 47.2 Å². The average Bonchev–Trinajstić information content (AvgIpc) is 2.95. The van der Waals surface area contributed by atoms with Crippen LogP contribution in [0.2, 0.25) is 0 Å². The van der Waals surface area contributed by atoms with Crippen molar-refractivity contribution >= 4 is 0 Å². The van der Waals surface area contributed by atoms with Gasteiger partial charge in [-0.3, -0.25) is 0 Å². The minimum Gasteiger partial charge on any atom is -0.336 e. The van der Waals surface area contributed by atoms with Crippen molar-refractivity contribution in [1.82, 2.24) is 19.8 Å². The highest BCUT2D eigenvalue weighted by atomic mass is 15.2. The van der Waals surface area contributed by atoms with Gasteiger partial charge in [-0.15, -0.1) is 0 Å². The Labute approximate surface area is 97.7 Å². The van der Waals surface area contributed by atoms with Gasteiger partial charge in [0.25, 0.3) is 0 Å². The van der Waals surface area contributed by atoms with Crippen LogP contribution in [0.3, 0.4) is 0 Å². The van der Waals surface area contributed by atoms with Crippen molar-refractivity contribution in [2.24, 2.45) is 5.92 Å². The summed E-state index contributed by atoms with van der Waals surface area (Å²) >= 11 is 0. The first-order chi connectivity index (χ1) is 7.88.